The third-order valence-electron chi connectivity index (χ3n) is 2.08. The second kappa shape index (κ2) is 4.86. The molecule has 1 aromatic carbocycles. The van der Waals surface area contributed by atoms with E-state index in [4.69, 9.17) is 5.26 Å². The number of nitro groups is 1. The molecule has 0 aliphatic heterocycles. The molecule has 1 rings (SSSR count). The Hall–Kier alpha value is -1.74. The van der Waals surface area contributed by atoms with Crippen LogP contribution in [0.4, 0.5) is 5.69 Å². The van der Waals surface area contributed by atoms with Gasteiger partial charge in [0.2, 0.25) is 0 Å². The Labute approximate surface area is 100.0 Å². The first-order valence-corrected chi connectivity index (χ1v) is 5.41. The van der Waals surface area contributed by atoms with E-state index in [1.807, 2.05) is 0 Å². The monoisotopic (exact) mass is 282 g/mol. The van der Waals surface area contributed by atoms with Crippen LogP contribution >= 0.6 is 15.9 Å². The average molecular weight is 283 g/mol. The predicted octanol–water partition coefficient (Wildman–Crippen LogP) is 2.35. The lowest BCUT2D eigenvalue weighted by Crippen LogP contribution is -2.05. The fraction of sp³-hybridized carbons (Fsp3) is 0.200. The van der Waals surface area contributed by atoms with Crippen molar-refractivity contribution in [3.63, 3.8) is 0 Å². The number of nitro benzene ring substituents is 1. The van der Waals surface area contributed by atoms with E-state index in [0.29, 0.717) is 5.56 Å². The number of hydrogen-bond acceptors (Lipinski definition) is 4. The van der Waals surface area contributed by atoms with Crippen LogP contribution < -0.4 is 0 Å². The largest absolute Gasteiger partial charge is 0.293 e. The van der Waals surface area contributed by atoms with Crippen LogP contribution in [0.1, 0.15) is 21.5 Å². The van der Waals surface area contributed by atoms with Crippen LogP contribution in [0.5, 0.6) is 0 Å². The van der Waals surface area contributed by atoms with E-state index in [1.165, 1.54) is 6.07 Å². The molecule has 6 heteroatoms. The van der Waals surface area contributed by atoms with Crippen molar-refractivity contribution in [1.29, 1.82) is 5.26 Å². The minimum Gasteiger partial charge on any atom is -0.293 e. The Morgan fingerprint density at radius 1 is 1.62 bits per heavy atom. The van der Waals surface area contributed by atoms with E-state index in [0.717, 1.165) is 6.07 Å². The van der Waals surface area contributed by atoms with Crippen LogP contribution in [0.2, 0.25) is 0 Å². The van der Waals surface area contributed by atoms with Crippen LogP contribution in [-0.4, -0.2) is 16.0 Å². The second-order valence-electron chi connectivity index (χ2n) is 3.11. The van der Waals surface area contributed by atoms with E-state index in [9.17, 15) is 14.9 Å². The highest BCUT2D eigenvalue weighted by molar-refractivity contribution is 9.09. The summed E-state index contributed by atoms with van der Waals surface area (Å²) < 4.78 is 0. The second-order valence-corrected chi connectivity index (χ2v) is 3.67. The van der Waals surface area contributed by atoms with Gasteiger partial charge in [-0.05, 0) is 18.6 Å². The number of carbonyl (C=O) groups excluding carboxylic acids is 1. The van der Waals surface area contributed by atoms with Crippen molar-refractivity contribution in [2.45, 2.75) is 6.92 Å². The zero-order valence-electron chi connectivity index (χ0n) is 8.36. The summed E-state index contributed by atoms with van der Waals surface area (Å²) in [4.78, 5) is 21.5. The Morgan fingerprint density at radius 3 is 2.69 bits per heavy atom. The molecule has 82 valence electrons. The molecule has 16 heavy (non-hydrogen) atoms. The molecule has 0 amide bonds. The Kier molecular flexibility index (Phi) is 3.74. The van der Waals surface area contributed by atoms with Gasteiger partial charge in [-0.1, -0.05) is 15.9 Å². The molecule has 0 radical (unpaired) electrons. The maximum absolute atomic E-state index is 11.5. The third-order valence-corrected chi connectivity index (χ3v) is 2.59. The SMILES string of the molecule is Cc1cc(C#N)c([N+](=O)[O-])cc1C(=O)CBr. The summed E-state index contributed by atoms with van der Waals surface area (Å²) in [7, 11) is 0. The fourth-order valence-electron chi connectivity index (χ4n) is 1.31. The molecule has 0 spiro atoms. The summed E-state index contributed by atoms with van der Waals surface area (Å²) >= 11 is 3.00. The van der Waals surface area contributed by atoms with Gasteiger partial charge in [0.15, 0.2) is 5.78 Å². The van der Waals surface area contributed by atoms with Gasteiger partial charge in [0.1, 0.15) is 11.6 Å². The van der Waals surface area contributed by atoms with Crippen LogP contribution in [-0.2, 0) is 0 Å². The Morgan fingerprint density at radius 2 is 2.25 bits per heavy atom. The number of nitriles is 1. The lowest BCUT2D eigenvalue weighted by Gasteiger charge is -2.03. The van der Waals surface area contributed by atoms with Crippen LogP contribution in [0, 0.1) is 28.4 Å². The lowest BCUT2D eigenvalue weighted by molar-refractivity contribution is -0.385. The van der Waals surface area contributed by atoms with Gasteiger partial charge in [-0.2, -0.15) is 5.26 Å². The molecule has 5 nitrogen and oxygen atoms in total. The van der Waals surface area contributed by atoms with Crippen LogP contribution in [0.25, 0.3) is 0 Å². The standard InChI is InChI=1S/C10H7BrN2O3/c1-6-2-7(5-12)9(13(15)16)3-8(6)10(14)4-11/h2-3H,4H2,1H3. The van der Waals surface area contributed by atoms with Crippen molar-refractivity contribution in [2.24, 2.45) is 0 Å². The molecule has 0 heterocycles. The molecule has 0 aliphatic carbocycles. The quantitative estimate of drug-likeness (QED) is 0.369. The Bertz CT molecular complexity index is 506. The molecular weight excluding hydrogens is 276 g/mol. The van der Waals surface area contributed by atoms with Crippen molar-refractivity contribution in [3.05, 3.63) is 38.9 Å². The molecule has 0 bridgehead atoms. The van der Waals surface area contributed by atoms with E-state index in [2.05, 4.69) is 15.9 Å². The zero-order chi connectivity index (χ0) is 12.3. The van der Waals surface area contributed by atoms with Crippen LogP contribution in [0.15, 0.2) is 12.1 Å². The van der Waals surface area contributed by atoms with E-state index >= 15 is 0 Å². The average Bonchev–Trinajstić information content (AvgIpc) is 2.27. The summed E-state index contributed by atoms with van der Waals surface area (Å²) in [5, 5.41) is 19.5. The van der Waals surface area contributed by atoms with Crippen molar-refractivity contribution in [2.75, 3.05) is 5.33 Å². The van der Waals surface area contributed by atoms with Gasteiger partial charge < -0.3 is 0 Å². The highest BCUT2D eigenvalue weighted by Crippen LogP contribution is 2.23. The molecule has 0 saturated carbocycles. The fourth-order valence-corrected chi connectivity index (χ4v) is 1.61. The van der Waals surface area contributed by atoms with Gasteiger partial charge in [-0.15, -0.1) is 0 Å². The van der Waals surface area contributed by atoms with Crippen molar-refractivity contribution in [3.8, 4) is 6.07 Å². The maximum Gasteiger partial charge on any atom is 0.287 e. The minimum absolute atomic E-state index is 0.0337. The van der Waals surface area contributed by atoms with E-state index in [-0.39, 0.29) is 27.9 Å². The molecule has 0 aliphatic rings. The highest BCUT2D eigenvalue weighted by Gasteiger charge is 2.19. The molecular formula is C10H7BrN2O3. The number of ketones is 1. The minimum atomic E-state index is -0.664. The number of hydrogen-bond donors (Lipinski definition) is 0. The molecule has 1 aromatic rings. The van der Waals surface area contributed by atoms with Gasteiger partial charge in [-0.3, -0.25) is 14.9 Å². The van der Waals surface area contributed by atoms with Gasteiger partial charge in [-0.25, -0.2) is 0 Å². The predicted molar refractivity (Wildman–Crippen MR) is 60.7 cm³/mol. The normalized spacial score (nSPS) is 9.56. The van der Waals surface area contributed by atoms with E-state index < -0.39 is 4.92 Å². The first kappa shape index (κ1) is 12.3. The van der Waals surface area contributed by atoms with Crippen molar-refractivity contribution in [1.82, 2.24) is 0 Å². The number of rotatable bonds is 3. The van der Waals surface area contributed by atoms with Gasteiger partial charge in [0.05, 0.1) is 10.3 Å². The van der Waals surface area contributed by atoms with E-state index in [1.54, 1.807) is 13.0 Å². The molecule has 0 aromatic heterocycles. The van der Waals surface area contributed by atoms with Crippen molar-refractivity contribution < 1.29 is 9.72 Å². The summed E-state index contributed by atoms with van der Waals surface area (Å²) in [6.07, 6.45) is 0. The lowest BCUT2D eigenvalue weighted by atomic mass is 10.0. The number of halogens is 1. The maximum atomic E-state index is 11.5. The number of benzene rings is 1. The summed E-state index contributed by atoms with van der Waals surface area (Å²) in [6.45, 7) is 1.64. The molecule has 0 fully saturated rings. The summed E-state index contributed by atoms with van der Waals surface area (Å²) in [5.41, 5.74) is 0.459. The van der Waals surface area contributed by atoms with Gasteiger partial charge >= 0.3 is 0 Å². The first-order valence-electron chi connectivity index (χ1n) is 4.29. The topological polar surface area (TPSA) is 84.0 Å². The number of aryl methyl sites for hydroxylation is 1. The highest BCUT2D eigenvalue weighted by atomic mass is 79.9. The Balaban J connectivity index is 3.46. The molecule has 0 N–H and O–H groups in total. The zero-order valence-corrected chi connectivity index (χ0v) is 9.94. The summed E-state index contributed by atoms with van der Waals surface area (Å²) in [6, 6.07) is 4.24. The molecule has 0 unspecified atom stereocenters. The number of nitrogens with zero attached hydrogens (tertiary/aromatic N) is 2. The van der Waals surface area contributed by atoms with Gasteiger partial charge in [0.25, 0.3) is 5.69 Å². The number of carbonyl (C=O) groups is 1. The van der Waals surface area contributed by atoms with Crippen molar-refractivity contribution >= 4 is 27.4 Å². The van der Waals surface area contributed by atoms with Gasteiger partial charge in [0, 0.05) is 11.6 Å². The number of alkyl halides is 1. The first-order chi connectivity index (χ1) is 7.51. The smallest absolute Gasteiger partial charge is 0.287 e. The molecule has 0 atom stereocenters. The van der Waals surface area contributed by atoms with Crippen LogP contribution in [0.3, 0.4) is 0 Å². The third kappa shape index (κ3) is 2.25. The summed E-state index contributed by atoms with van der Waals surface area (Å²) in [5.74, 6) is -0.245. The number of Topliss-reactive ketones (excluding diaryl/α,β-unsaturated/α-hetero) is 1. The molecule has 0 saturated heterocycles.